The van der Waals surface area contributed by atoms with Crippen molar-refractivity contribution in [3.8, 4) is 0 Å². The second kappa shape index (κ2) is 8.69. The monoisotopic (exact) mass is 399 g/mol. The predicted octanol–water partition coefficient (Wildman–Crippen LogP) is 2.45. The number of benzene rings is 1. The lowest BCUT2D eigenvalue weighted by Gasteiger charge is -2.32. The zero-order valence-electron chi connectivity index (χ0n) is 12.6. The summed E-state index contributed by atoms with van der Waals surface area (Å²) >= 11 is 11.2. The fourth-order valence-corrected chi connectivity index (χ4v) is 2.28. The molecule has 0 aliphatic carbocycles. The van der Waals surface area contributed by atoms with Gasteiger partial charge in [0.25, 0.3) is 4.20 Å². The van der Waals surface area contributed by atoms with Crippen molar-refractivity contribution in [2.24, 2.45) is 0 Å². The normalized spacial score (nSPS) is 11.7. The van der Waals surface area contributed by atoms with E-state index < -0.39 is 30.4 Å². The number of halogens is 2. The summed E-state index contributed by atoms with van der Waals surface area (Å²) < 4.78 is 18.0. The van der Waals surface area contributed by atoms with E-state index in [0.29, 0.717) is 5.56 Å². The van der Waals surface area contributed by atoms with E-state index in [2.05, 4.69) is 4.74 Å². The number of hydrogen-bond acceptors (Lipinski definition) is 5. The Hall–Kier alpha value is -1.31. The number of hydrogen-bond donors (Lipinski definition) is 2. The SMILES string of the molecule is CCOC(=O)CN(C(=O)OCc1ccccc1)C(Cl)(Cl)P(=O)(O)O. The van der Waals surface area contributed by atoms with Gasteiger partial charge in [-0.2, -0.15) is 0 Å². The maximum Gasteiger partial charge on any atom is 0.413 e. The number of ether oxygens (including phenoxy) is 2. The maximum atomic E-state index is 12.1. The Morgan fingerprint density at radius 3 is 2.29 bits per heavy atom. The Labute approximate surface area is 148 Å². The predicted molar refractivity (Wildman–Crippen MR) is 86.4 cm³/mol. The van der Waals surface area contributed by atoms with E-state index in [-0.39, 0.29) is 18.1 Å². The van der Waals surface area contributed by atoms with Crippen molar-refractivity contribution in [1.82, 2.24) is 4.90 Å². The van der Waals surface area contributed by atoms with E-state index in [4.69, 9.17) is 27.9 Å². The number of carbonyl (C=O) groups is 2. The van der Waals surface area contributed by atoms with Gasteiger partial charge in [-0.25, -0.2) is 4.79 Å². The first kappa shape index (κ1) is 20.7. The lowest BCUT2D eigenvalue weighted by Crippen LogP contribution is -2.47. The molecule has 8 nitrogen and oxygen atoms in total. The third kappa shape index (κ3) is 5.65. The fourth-order valence-electron chi connectivity index (χ4n) is 1.56. The highest BCUT2D eigenvalue weighted by atomic mass is 35.5. The molecular formula is C13H16Cl2NO7P. The van der Waals surface area contributed by atoms with Crippen LogP contribution in [0.3, 0.4) is 0 Å². The number of rotatable bonds is 7. The van der Waals surface area contributed by atoms with Crippen molar-refractivity contribution >= 4 is 42.9 Å². The van der Waals surface area contributed by atoms with Gasteiger partial charge in [0.15, 0.2) is 0 Å². The molecule has 0 aliphatic heterocycles. The molecule has 0 aromatic heterocycles. The van der Waals surface area contributed by atoms with Gasteiger partial charge in [0, 0.05) is 0 Å². The topological polar surface area (TPSA) is 113 Å². The highest BCUT2D eigenvalue weighted by Gasteiger charge is 2.53. The maximum absolute atomic E-state index is 12.1. The van der Waals surface area contributed by atoms with Crippen LogP contribution < -0.4 is 0 Å². The van der Waals surface area contributed by atoms with E-state index in [1.165, 1.54) is 6.92 Å². The molecule has 11 heteroatoms. The summed E-state index contributed by atoms with van der Waals surface area (Å²) in [7, 11) is -5.20. The van der Waals surface area contributed by atoms with Gasteiger partial charge in [0.05, 0.1) is 6.61 Å². The van der Waals surface area contributed by atoms with Crippen LogP contribution in [-0.2, 0) is 25.4 Å². The van der Waals surface area contributed by atoms with Crippen molar-refractivity contribution in [2.75, 3.05) is 13.2 Å². The second-order valence-corrected chi connectivity index (χ2v) is 8.03. The molecule has 1 amide bonds. The number of alkyl halides is 2. The molecule has 0 fully saturated rings. The Morgan fingerprint density at radius 1 is 1.21 bits per heavy atom. The first-order valence-corrected chi connectivity index (χ1v) is 9.03. The van der Waals surface area contributed by atoms with Crippen LogP contribution in [-0.4, -0.2) is 44.1 Å². The molecule has 1 aromatic carbocycles. The summed E-state index contributed by atoms with van der Waals surface area (Å²) in [5.74, 6) is -0.951. The molecule has 0 spiro atoms. The summed E-state index contributed by atoms with van der Waals surface area (Å²) in [6.45, 7) is 0.427. The first-order chi connectivity index (χ1) is 11.1. The number of nitrogens with zero attached hydrogens (tertiary/aromatic N) is 1. The number of esters is 1. The minimum atomic E-state index is -5.20. The second-order valence-electron chi connectivity index (χ2n) is 4.48. The Kier molecular flexibility index (Phi) is 7.51. The molecule has 24 heavy (non-hydrogen) atoms. The van der Waals surface area contributed by atoms with Crippen LogP contribution in [0.15, 0.2) is 30.3 Å². The van der Waals surface area contributed by atoms with Crippen LogP contribution in [0.25, 0.3) is 0 Å². The smallest absolute Gasteiger partial charge is 0.413 e. The summed E-state index contributed by atoms with van der Waals surface area (Å²) in [6, 6.07) is 8.51. The minimum absolute atomic E-state index is 0.000775. The van der Waals surface area contributed by atoms with Crippen molar-refractivity contribution < 1.29 is 33.4 Å². The molecule has 0 atom stereocenters. The standard InChI is InChI=1S/C13H16Cl2NO7P/c1-2-22-11(17)8-16(13(14,15)24(19,20)21)12(18)23-9-10-6-4-3-5-7-10/h3-7H,2,8-9H2,1H3,(H2,19,20,21). The summed E-state index contributed by atoms with van der Waals surface area (Å²) in [4.78, 5) is 42.4. The molecule has 0 saturated carbocycles. The van der Waals surface area contributed by atoms with Crippen molar-refractivity contribution in [1.29, 1.82) is 0 Å². The molecule has 0 unspecified atom stereocenters. The third-order valence-corrected chi connectivity index (χ3v) is 5.36. The van der Waals surface area contributed by atoms with Crippen LogP contribution in [0.5, 0.6) is 0 Å². The van der Waals surface area contributed by atoms with Gasteiger partial charge in [-0.15, -0.1) is 0 Å². The summed E-state index contributed by atoms with van der Waals surface area (Å²) in [5.41, 5.74) is 0.618. The van der Waals surface area contributed by atoms with Gasteiger partial charge in [-0.3, -0.25) is 14.3 Å². The van der Waals surface area contributed by atoms with E-state index >= 15 is 0 Å². The van der Waals surface area contributed by atoms with E-state index in [9.17, 15) is 23.9 Å². The van der Waals surface area contributed by atoms with Crippen LogP contribution in [0.1, 0.15) is 12.5 Å². The molecule has 0 aliphatic rings. The van der Waals surface area contributed by atoms with E-state index in [0.717, 1.165) is 0 Å². The zero-order chi connectivity index (χ0) is 18.4. The molecular weight excluding hydrogens is 384 g/mol. The zero-order valence-corrected chi connectivity index (χ0v) is 15.0. The van der Waals surface area contributed by atoms with E-state index in [1.54, 1.807) is 30.3 Å². The largest absolute Gasteiger partial charge is 0.465 e. The number of carbonyl (C=O) groups excluding carboxylic acids is 2. The Balaban J connectivity index is 2.93. The van der Waals surface area contributed by atoms with Crippen molar-refractivity contribution in [3.05, 3.63) is 35.9 Å². The summed E-state index contributed by atoms with van der Waals surface area (Å²) in [5, 5.41) is 0. The lowest BCUT2D eigenvalue weighted by molar-refractivity contribution is -0.144. The Bertz CT molecular complexity index is 620. The molecule has 0 radical (unpaired) electrons. The third-order valence-electron chi connectivity index (χ3n) is 2.69. The van der Waals surface area contributed by atoms with Gasteiger partial charge in [-0.05, 0) is 12.5 Å². The lowest BCUT2D eigenvalue weighted by atomic mass is 10.2. The molecule has 1 rings (SSSR count). The molecule has 134 valence electrons. The average Bonchev–Trinajstić information content (AvgIpc) is 2.50. The van der Waals surface area contributed by atoms with Crippen LogP contribution >= 0.6 is 30.8 Å². The number of amides is 1. The molecule has 1 aromatic rings. The minimum Gasteiger partial charge on any atom is -0.465 e. The van der Waals surface area contributed by atoms with Gasteiger partial charge >= 0.3 is 19.7 Å². The van der Waals surface area contributed by atoms with Crippen LogP contribution in [0, 0.1) is 0 Å². The molecule has 2 N–H and O–H groups in total. The van der Waals surface area contributed by atoms with Gasteiger partial charge < -0.3 is 19.3 Å². The molecule has 0 saturated heterocycles. The van der Waals surface area contributed by atoms with Crippen LogP contribution in [0.4, 0.5) is 4.79 Å². The van der Waals surface area contributed by atoms with E-state index in [1.807, 2.05) is 0 Å². The molecule has 0 heterocycles. The highest BCUT2D eigenvalue weighted by Crippen LogP contribution is 2.58. The summed E-state index contributed by atoms with van der Waals surface area (Å²) in [6.07, 6.45) is -1.28. The quantitative estimate of drug-likeness (QED) is 0.313. The Morgan fingerprint density at radius 2 is 1.79 bits per heavy atom. The van der Waals surface area contributed by atoms with Gasteiger partial charge in [0.2, 0.25) is 0 Å². The van der Waals surface area contributed by atoms with Crippen molar-refractivity contribution in [2.45, 2.75) is 17.7 Å². The van der Waals surface area contributed by atoms with Gasteiger partial charge in [0.1, 0.15) is 13.2 Å². The van der Waals surface area contributed by atoms with Gasteiger partial charge in [-0.1, -0.05) is 53.5 Å². The average molecular weight is 400 g/mol. The highest BCUT2D eigenvalue weighted by molar-refractivity contribution is 7.58. The van der Waals surface area contributed by atoms with Crippen molar-refractivity contribution in [3.63, 3.8) is 0 Å². The molecule has 0 bridgehead atoms. The van der Waals surface area contributed by atoms with Crippen LogP contribution in [0.2, 0.25) is 0 Å². The first-order valence-electron chi connectivity index (χ1n) is 6.67. The fraction of sp³-hybridized carbons (Fsp3) is 0.385.